The minimum absolute atomic E-state index is 0.0620. The van der Waals surface area contributed by atoms with Gasteiger partial charge in [0.15, 0.2) is 11.6 Å². The molecule has 0 saturated carbocycles. The van der Waals surface area contributed by atoms with Gasteiger partial charge in [-0.1, -0.05) is 17.9 Å². The standard InChI is InChI=1S/C37H38F2N8O4/c1-22(2)47-33-29(20-41-37(43-33)42-26-9-11-27(12-10-26)45-15-17-51-18-16-45)23(3)28(35(47)49)7-6-14-40-34(48)32-24(4)44(5)46(36(32)50)21-25-8-13-30(38)31(39)19-25/h8-13,19-20,22H,14-18,21H2,1-5H3,(H,40,48)(H,41,42,43). The number of nitrogens with one attached hydrogen (secondary N) is 2. The van der Waals surface area contributed by atoms with E-state index in [1.54, 1.807) is 31.7 Å². The van der Waals surface area contributed by atoms with Crippen molar-refractivity contribution in [3.63, 3.8) is 0 Å². The smallest absolute Gasteiger partial charge is 0.280 e. The van der Waals surface area contributed by atoms with E-state index in [4.69, 9.17) is 9.72 Å². The third-order valence-electron chi connectivity index (χ3n) is 8.98. The number of carbonyl (C=O) groups excluding carboxylic acids is 1. The molecule has 0 spiro atoms. The number of ether oxygens (including phenoxy) is 1. The highest BCUT2D eigenvalue weighted by Crippen LogP contribution is 2.24. The molecule has 4 heterocycles. The zero-order valence-electron chi connectivity index (χ0n) is 29.0. The summed E-state index contributed by atoms with van der Waals surface area (Å²) in [7, 11) is 1.60. The molecule has 3 aromatic heterocycles. The van der Waals surface area contributed by atoms with E-state index in [9.17, 15) is 23.2 Å². The number of nitrogens with zero attached hydrogens (tertiary/aromatic N) is 6. The van der Waals surface area contributed by atoms with E-state index < -0.39 is 23.1 Å². The van der Waals surface area contributed by atoms with Gasteiger partial charge in [0.05, 0.1) is 31.9 Å². The Bertz CT molecular complexity index is 2310. The Labute approximate surface area is 292 Å². The molecule has 1 fully saturated rings. The van der Waals surface area contributed by atoms with Gasteiger partial charge in [0.2, 0.25) is 5.95 Å². The average molecular weight is 697 g/mol. The molecule has 1 aliphatic rings. The number of pyridine rings is 1. The van der Waals surface area contributed by atoms with Crippen molar-refractivity contribution in [1.29, 1.82) is 0 Å². The molecule has 0 aliphatic carbocycles. The van der Waals surface area contributed by atoms with Crippen LogP contribution in [0.3, 0.4) is 0 Å². The van der Waals surface area contributed by atoms with Gasteiger partial charge in [-0.3, -0.25) is 23.6 Å². The first-order valence-electron chi connectivity index (χ1n) is 16.5. The molecule has 1 saturated heterocycles. The molecule has 264 valence electrons. The minimum atomic E-state index is -1.03. The molecule has 1 aliphatic heterocycles. The lowest BCUT2D eigenvalue weighted by Crippen LogP contribution is -2.36. The number of anilines is 3. The van der Waals surface area contributed by atoms with E-state index in [1.807, 2.05) is 38.1 Å². The van der Waals surface area contributed by atoms with Crippen LogP contribution in [0.1, 0.15) is 52.6 Å². The Balaban J connectivity index is 1.20. The maximum absolute atomic E-state index is 13.8. The second-order valence-corrected chi connectivity index (χ2v) is 12.6. The molecule has 14 heteroatoms. The summed E-state index contributed by atoms with van der Waals surface area (Å²) in [6.45, 7) is 10.1. The van der Waals surface area contributed by atoms with Crippen molar-refractivity contribution in [2.45, 2.75) is 40.3 Å². The minimum Gasteiger partial charge on any atom is -0.378 e. The molecule has 1 amide bonds. The van der Waals surface area contributed by atoms with Crippen molar-refractivity contribution in [1.82, 2.24) is 29.2 Å². The Morgan fingerprint density at radius 1 is 1.02 bits per heavy atom. The first-order chi connectivity index (χ1) is 24.4. The van der Waals surface area contributed by atoms with E-state index in [0.717, 1.165) is 36.6 Å². The summed E-state index contributed by atoms with van der Waals surface area (Å²) >= 11 is 0. The van der Waals surface area contributed by atoms with Crippen LogP contribution in [-0.2, 0) is 18.3 Å². The number of amides is 1. The normalized spacial score (nSPS) is 13.0. The van der Waals surface area contributed by atoms with E-state index in [-0.39, 0.29) is 35.8 Å². The third-order valence-corrected chi connectivity index (χ3v) is 8.98. The monoisotopic (exact) mass is 696 g/mol. The van der Waals surface area contributed by atoms with E-state index >= 15 is 0 Å². The van der Waals surface area contributed by atoms with Crippen LogP contribution >= 0.6 is 0 Å². The highest BCUT2D eigenvalue weighted by atomic mass is 19.2. The molecule has 0 unspecified atom stereocenters. The number of rotatable bonds is 8. The number of carbonyl (C=O) groups is 1. The third kappa shape index (κ3) is 7.11. The molecule has 51 heavy (non-hydrogen) atoms. The molecular weight excluding hydrogens is 658 g/mol. The molecule has 5 aromatic rings. The van der Waals surface area contributed by atoms with Crippen molar-refractivity contribution in [3.05, 3.63) is 109 Å². The van der Waals surface area contributed by atoms with Gasteiger partial charge in [0.25, 0.3) is 17.0 Å². The highest BCUT2D eigenvalue weighted by Gasteiger charge is 2.22. The summed E-state index contributed by atoms with van der Waals surface area (Å²) in [6, 6.07) is 11.1. The first-order valence-corrected chi connectivity index (χ1v) is 16.5. The van der Waals surface area contributed by atoms with E-state index in [1.165, 1.54) is 15.4 Å². The van der Waals surface area contributed by atoms with Crippen molar-refractivity contribution in [2.24, 2.45) is 7.05 Å². The summed E-state index contributed by atoms with van der Waals surface area (Å²) in [5, 5.41) is 6.54. The maximum Gasteiger partial charge on any atom is 0.280 e. The summed E-state index contributed by atoms with van der Waals surface area (Å²) in [5.41, 5.74) is 2.96. The second-order valence-electron chi connectivity index (χ2n) is 12.6. The zero-order chi connectivity index (χ0) is 36.4. The zero-order valence-corrected chi connectivity index (χ0v) is 29.0. The van der Waals surface area contributed by atoms with Crippen LogP contribution in [0.5, 0.6) is 0 Å². The van der Waals surface area contributed by atoms with Crippen LogP contribution in [0.4, 0.5) is 26.1 Å². The lowest BCUT2D eigenvalue weighted by atomic mass is 10.1. The van der Waals surface area contributed by atoms with Crippen molar-refractivity contribution in [2.75, 3.05) is 43.1 Å². The quantitative estimate of drug-likeness (QED) is 0.232. The number of aryl methyl sites for hydroxylation is 1. The summed E-state index contributed by atoms with van der Waals surface area (Å²) < 4.78 is 36.9. The first kappa shape index (κ1) is 35.0. The van der Waals surface area contributed by atoms with Gasteiger partial charge < -0.3 is 20.3 Å². The molecule has 12 nitrogen and oxygen atoms in total. The second kappa shape index (κ2) is 14.6. The predicted octanol–water partition coefficient (Wildman–Crippen LogP) is 4.18. The lowest BCUT2D eigenvalue weighted by molar-refractivity contribution is 0.0956. The van der Waals surface area contributed by atoms with Gasteiger partial charge in [0.1, 0.15) is 11.2 Å². The van der Waals surface area contributed by atoms with Gasteiger partial charge in [-0.25, -0.2) is 18.4 Å². The average Bonchev–Trinajstić information content (AvgIpc) is 3.32. The Morgan fingerprint density at radius 3 is 2.43 bits per heavy atom. The highest BCUT2D eigenvalue weighted by molar-refractivity contribution is 5.95. The number of aromatic nitrogens is 5. The van der Waals surface area contributed by atoms with Crippen LogP contribution in [0.15, 0.2) is 58.3 Å². The Hall–Kier alpha value is -5.81. The van der Waals surface area contributed by atoms with Crippen molar-refractivity contribution in [3.8, 4) is 11.8 Å². The fraction of sp³-hybridized carbons (Fsp3) is 0.324. The number of halogens is 2. The molecule has 0 atom stereocenters. The van der Waals surface area contributed by atoms with Gasteiger partial charge in [-0.05, 0) is 75.2 Å². The molecule has 2 N–H and O–H groups in total. The number of morpholine rings is 1. The molecule has 0 radical (unpaired) electrons. The fourth-order valence-electron chi connectivity index (χ4n) is 6.08. The predicted molar refractivity (Wildman–Crippen MR) is 191 cm³/mol. The molecule has 2 aromatic carbocycles. The number of hydrogen-bond donors (Lipinski definition) is 2. The van der Waals surface area contributed by atoms with Gasteiger partial charge in [-0.15, -0.1) is 0 Å². The number of fused-ring (bicyclic) bond motifs is 1. The van der Waals surface area contributed by atoms with Crippen LogP contribution < -0.4 is 26.7 Å². The van der Waals surface area contributed by atoms with Crippen molar-refractivity contribution < 1.29 is 18.3 Å². The van der Waals surface area contributed by atoms with Crippen molar-refractivity contribution >= 4 is 34.3 Å². The Kier molecular flexibility index (Phi) is 10.0. The number of benzene rings is 2. The maximum atomic E-state index is 13.8. The lowest BCUT2D eigenvalue weighted by Gasteiger charge is -2.28. The van der Waals surface area contributed by atoms with E-state index in [0.29, 0.717) is 47.0 Å². The van der Waals surface area contributed by atoms with E-state index in [2.05, 4.69) is 32.4 Å². The molecule has 6 rings (SSSR count). The van der Waals surface area contributed by atoms with Crippen LogP contribution in [0.2, 0.25) is 0 Å². The van der Waals surface area contributed by atoms with Crippen LogP contribution in [0.25, 0.3) is 11.0 Å². The SMILES string of the molecule is Cc1c(C#CCNC(=O)c2c(C)n(C)n(Cc3ccc(F)c(F)c3)c2=O)c(=O)n(C(C)C)c2nc(Nc3ccc(N4CCOCC4)cc3)ncc12. The largest absolute Gasteiger partial charge is 0.378 e. The topological polar surface area (TPSA) is 128 Å². The summed E-state index contributed by atoms with van der Waals surface area (Å²) in [4.78, 5) is 51.6. The van der Waals surface area contributed by atoms with Gasteiger partial charge >= 0.3 is 0 Å². The van der Waals surface area contributed by atoms with Crippen LogP contribution in [0, 0.1) is 37.3 Å². The number of hydrogen-bond acceptors (Lipinski definition) is 8. The summed E-state index contributed by atoms with van der Waals surface area (Å²) in [6.07, 6.45) is 1.66. The van der Waals surface area contributed by atoms with Crippen LogP contribution in [-0.4, -0.2) is 62.7 Å². The van der Waals surface area contributed by atoms with Gasteiger partial charge in [-0.2, -0.15) is 4.98 Å². The Morgan fingerprint density at radius 2 is 1.75 bits per heavy atom. The fourth-order valence-corrected chi connectivity index (χ4v) is 6.08. The van der Waals surface area contributed by atoms with Gasteiger partial charge in [0, 0.05) is 54.8 Å². The molecule has 0 bridgehead atoms. The molecular formula is C37H38F2N8O4. The summed E-state index contributed by atoms with van der Waals surface area (Å²) in [5.74, 6) is 3.44.